The second-order valence-corrected chi connectivity index (χ2v) is 7.32. The van der Waals surface area contributed by atoms with E-state index >= 15 is 0 Å². The third-order valence-corrected chi connectivity index (χ3v) is 4.43. The normalized spacial score (nSPS) is 10.7. The predicted molar refractivity (Wildman–Crippen MR) is 108 cm³/mol. The Morgan fingerprint density at radius 3 is 2.41 bits per heavy atom. The molecule has 0 aliphatic rings. The summed E-state index contributed by atoms with van der Waals surface area (Å²) in [6.45, 7) is 2.61. The standard InChI is InChI=1S/C20H23BrFN3O2/c1-14-11-16(21)5-8-18(14)24-20(27)13-25(2)12-19(26)23-10-9-15-3-6-17(22)7-4-15/h3-8,11H,9-10,12-13H2,1-2H3,(H,23,26)(H,24,27). The molecule has 0 saturated heterocycles. The molecule has 0 heterocycles. The molecule has 2 aromatic rings. The first-order valence-corrected chi connectivity index (χ1v) is 9.38. The second-order valence-electron chi connectivity index (χ2n) is 6.41. The smallest absolute Gasteiger partial charge is 0.238 e. The molecule has 2 N–H and O–H groups in total. The molecule has 2 amide bonds. The number of nitrogens with zero attached hydrogens (tertiary/aromatic N) is 1. The number of rotatable bonds is 8. The van der Waals surface area contributed by atoms with Gasteiger partial charge in [-0.05, 0) is 61.9 Å². The summed E-state index contributed by atoms with van der Waals surface area (Å²) in [4.78, 5) is 25.8. The summed E-state index contributed by atoms with van der Waals surface area (Å²) < 4.78 is 13.8. The third kappa shape index (κ3) is 7.48. The van der Waals surface area contributed by atoms with Crippen molar-refractivity contribution < 1.29 is 14.0 Å². The lowest BCUT2D eigenvalue weighted by Gasteiger charge is -2.16. The minimum atomic E-state index is -0.277. The first-order valence-electron chi connectivity index (χ1n) is 8.59. The van der Waals surface area contributed by atoms with Crippen LogP contribution in [-0.2, 0) is 16.0 Å². The van der Waals surface area contributed by atoms with Crippen LogP contribution >= 0.6 is 15.9 Å². The Morgan fingerprint density at radius 2 is 1.74 bits per heavy atom. The van der Waals surface area contributed by atoms with E-state index in [1.807, 2.05) is 25.1 Å². The number of aryl methyl sites for hydroxylation is 1. The van der Waals surface area contributed by atoms with Gasteiger partial charge in [0, 0.05) is 16.7 Å². The van der Waals surface area contributed by atoms with Crippen LogP contribution in [0, 0.1) is 12.7 Å². The molecule has 0 aromatic heterocycles. The molecule has 0 unspecified atom stereocenters. The van der Waals surface area contributed by atoms with E-state index in [-0.39, 0.29) is 30.7 Å². The first-order chi connectivity index (χ1) is 12.8. The Morgan fingerprint density at radius 1 is 1.07 bits per heavy atom. The van der Waals surface area contributed by atoms with Gasteiger partial charge < -0.3 is 10.6 Å². The summed E-state index contributed by atoms with van der Waals surface area (Å²) in [5.74, 6) is -0.615. The summed E-state index contributed by atoms with van der Waals surface area (Å²) in [5, 5.41) is 5.65. The summed E-state index contributed by atoms with van der Waals surface area (Å²) in [6, 6.07) is 11.8. The molecule has 27 heavy (non-hydrogen) atoms. The van der Waals surface area contributed by atoms with Crippen LogP contribution in [0.25, 0.3) is 0 Å². The van der Waals surface area contributed by atoms with Gasteiger partial charge in [0.2, 0.25) is 11.8 Å². The van der Waals surface area contributed by atoms with Crippen LogP contribution < -0.4 is 10.6 Å². The highest BCUT2D eigenvalue weighted by Crippen LogP contribution is 2.19. The van der Waals surface area contributed by atoms with Gasteiger partial charge in [-0.3, -0.25) is 14.5 Å². The molecule has 2 aromatic carbocycles. The molecule has 7 heteroatoms. The van der Waals surface area contributed by atoms with Gasteiger partial charge in [0.25, 0.3) is 0 Å². The molecular weight excluding hydrogens is 413 g/mol. The van der Waals surface area contributed by atoms with Gasteiger partial charge in [0.05, 0.1) is 13.1 Å². The zero-order valence-corrected chi connectivity index (χ0v) is 17.0. The van der Waals surface area contributed by atoms with Crippen LogP contribution in [0.1, 0.15) is 11.1 Å². The van der Waals surface area contributed by atoms with Gasteiger partial charge in [0.15, 0.2) is 0 Å². The lowest BCUT2D eigenvalue weighted by molar-refractivity contribution is -0.122. The van der Waals surface area contributed by atoms with E-state index in [0.717, 1.165) is 21.3 Å². The number of carbonyl (C=O) groups is 2. The number of carbonyl (C=O) groups excluding carboxylic acids is 2. The average Bonchev–Trinajstić information content (AvgIpc) is 2.59. The van der Waals surface area contributed by atoms with Crippen LogP contribution in [0.2, 0.25) is 0 Å². The monoisotopic (exact) mass is 435 g/mol. The first kappa shape index (κ1) is 21.1. The Labute approximate surface area is 167 Å². The van der Waals surface area contributed by atoms with E-state index in [2.05, 4.69) is 26.6 Å². The number of halogens is 2. The molecule has 0 saturated carbocycles. The Bertz CT molecular complexity index is 796. The Balaban J connectivity index is 1.70. The van der Waals surface area contributed by atoms with Crippen molar-refractivity contribution in [3.05, 3.63) is 63.9 Å². The largest absolute Gasteiger partial charge is 0.355 e. The molecule has 0 fully saturated rings. The van der Waals surface area contributed by atoms with Crippen molar-refractivity contribution in [2.24, 2.45) is 0 Å². The number of amides is 2. The number of hydrogen-bond donors (Lipinski definition) is 2. The highest BCUT2D eigenvalue weighted by atomic mass is 79.9. The van der Waals surface area contributed by atoms with Gasteiger partial charge in [-0.25, -0.2) is 4.39 Å². The van der Waals surface area contributed by atoms with Gasteiger partial charge >= 0.3 is 0 Å². The molecule has 0 spiro atoms. The van der Waals surface area contributed by atoms with Crippen LogP contribution in [0.15, 0.2) is 46.9 Å². The summed E-state index contributed by atoms with van der Waals surface area (Å²) >= 11 is 3.39. The van der Waals surface area contributed by atoms with Crippen molar-refractivity contribution in [3.8, 4) is 0 Å². The number of anilines is 1. The summed E-state index contributed by atoms with van der Waals surface area (Å²) in [7, 11) is 1.72. The number of likely N-dealkylation sites (N-methyl/N-ethyl adjacent to an activating group) is 1. The second kappa shape index (κ2) is 10.2. The Hall–Kier alpha value is -2.25. The lowest BCUT2D eigenvalue weighted by Crippen LogP contribution is -2.39. The summed E-state index contributed by atoms with van der Waals surface area (Å²) in [6.07, 6.45) is 0.624. The molecular formula is C20H23BrFN3O2. The van der Waals surface area contributed by atoms with Crippen LogP contribution in [0.5, 0.6) is 0 Å². The fraction of sp³-hybridized carbons (Fsp3) is 0.300. The molecule has 5 nitrogen and oxygen atoms in total. The minimum absolute atomic E-state index is 0.112. The maximum atomic E-state index is 12.9. The SMILES string of the molecule is Cc1cc(Br)ccc1NC(=O)CN(C)CC(=O)NCCc1ccc(F)cc1. The molecule has 0 radical (unpaired) electrons. The van der Waals surface area contributed by atoms with Crippen LogP contribution in [-0.4, -0.2) is 43.4 Å². The minimum Gasteiger partial charge on any atom is -0.355 e. The number of benzene rings is 2. The maximum Gasteiger partial charge on any atom is 0.238 e. The van der Waals surface area contributed by atoms with Crippen molar-refractivity contribution >= 4 is 33.4 Å². The summed E-state index contributed by atoms with van der Waals surface area (Å²) in [5.41, 5.74) is 2.66. The molecule has 0 bridgehead atoms. The molecule has 0 atom stereocenters. The molecule has 144 valence electrons. The van der Waals surface area contributed by atoms with Crippen molar-refractivity contribution in [2.45, 2.75) is 13.3 Å². The van der Waals surface area contributed by atoms with Gasteiger partial charge in [-0.15, -0.1) is 0 Å². The van der Waals surface area contributed by atoms with Crippen molar-refractivity contribution in [3.63, 3.8) is 0 Å². The fourth-order valence-electron chi connectivity index (χ4n) is 2.56. The predicted octanol–water partition coefficient (Wildman–Crippen LogP) is 3.13. The Kier molecular flexibility index (Phi) is 7.94. The fourth-order valence-corrected chi connectivity index (χ4v) is 3.03. The molecule has 2 rings (SSSR count). The van der Waals surface area contributed by atoms with Gasteiger partial charge in [-0.2, -0.15) is 0 Å². The zero-order valence-electron chi connectivity index (χ0n) is 15.4. The topological polar surface area (TPSA) is 61.4 Å². The van der Waals surface area contributed by atoms with Crippen molar-refractivity contribution in [2.75, 3.05) is 32.0 Å². The highest BCUT2D eigenvalue weighted by molar-refractivity contribution is 9.10. The van der Waals surface area contributed by atoms with E-state index in [0.29, 0.717) is 13.0 Å². The van der Waals surface area contributed by atoms with E-state index in [4.69, 9.17) is 0 Å². The van der Waals surface area contributed by atoms with Gasteiger partial charge in [0.1, 0.15) is 5.82 Å². The van der Waals surface area contributed by atoms with E-state index in [9.17, 15) is 14.0 Å². The van der Waals surface area contributed by atoms with Crippen LogP contribution in [0.3, 0.4) is 0 Å². The van der Waals surface area contributed by atoms with Crippen molar-refractivity contribution in [1.29, 1.82) is 0 Å². The molecule has 0 aliphatic carbocycles. The third-order valence-electron chi connectivity index (χ3n) is 3.94. The number of nitrogens with one attached hydrogen (secondary N) is 2. The maximum absolute atomic E-state index is 12.9. The van der Waals surface area contributed by atoms with Gasteiger partial charge in [-0.1, -0.05) is 28.1 Å². The van der Waals surface area contributed by atoms with Crippen LogP contribution in [0.4, 0.5) is 10.1 Å². The molecule has 0 aliphatic heterocycles. The average molecular weight is 436 g/mol. The quantitative estimate of drug-likeness (QED) is 0.669. The van der Waals surface area contributed by atoms with E-state index in [1.54, 1.807) is 24.1 Å². The highest BCUT2D eigenvalue weighted by Gasteiger charge is 2.11. The lowest BCUT2D eigenvalue weighted by atomic mass is 10.1. The van der Waals surface area contributed by atoms with E-state index in [1.165, 1.54) is 12.1 Å². The van der Waals surface area contributed by atoms with Crippen molar-refractivity contribution in [1.82, 2.24) is 10.2 Å². The number of hydrogen-bond acceptors (Lipinski definition) is 3. The van der Waals surface area contributed by atoms with E-state index < -0.39 is 0 Å². The zero-order chi connectivity index (χ0) is 19.8.